The van der Waals surface area contributed by atoms with E-state index in [0.29, 0.717) is 17.3 Å². The first-order valence-corrected chi connectivity index (χ1v) is 7.16. The van der Waals surface area contributed by atoms with Crippen LogP contribution in [0.15, 0.2) is 53.4 Å². The zero-order chi connectivity index (χ0) is 13.7. The van der Waals surface area contributed by atoms with Gasteiger partial charge in [-0.1, -0.05) is 42.5 Å². The van der Waals surface area contributed by atoms with Gasteiger partial charge in [0.15, 0.2) is 11.1 Å². The topological polar surface area (TPSA) is 46.5 Å². The molecule has 2 aromatic carbocycles. The first kappa shape index (κ1) is 13.8. The number of hydrogen-bond acceptors (Lipinski definition) is 2. The Hall–Kier alpha value is -1.65. The molecule has 19 heavy (non-hydrogen) atoms. The van der Waals surface area contributed by atoms with Crippen LogP contribution in [-0.4, -0.2) is 15.4 Å². The van der Waals surface area contributed by atoms with Crippen molar-refractivity contribution < 1.29 is 13.5 Å². The lowest BCUT2D eigenvalue weighted by Gasteiger charge is -2.12. The lowest BCUT2D eigenvalue weighted by Crippen LogP contribution is -2.05. The van der Waals surface area contributed by atoms with Crippen LogP contribution in [0.25, 0.3) is 0 Å². The zero-order valence-corrected chi connectivity index (χ0v) is 11.5. The van der Waals surface area contributed by atoms with Crippen molar-refractivity contribution in [3.63, 3.8) is 0 Å². The van der Waals surface area contributed by atoms with E-state index in [0.717, 1.165) is 12.0 Å². The molecule has 0 heterocycles. The number of aryl methyl sites for hydroxylation is 1. The van der Waals surface area contributed by atoms with Gasteiger partial charge in [-0.25, -0.2) is 4.21 Å². The molecule has 1 unspecified atom stereocenters. The van der Waals surface area contributed by atoms with E-state index in [1.54, 1.807) is 12.1 Å². The van der Waals surface area contributed by atoms with Gasteiger partial charge in [0.2, 0.25) is 0 Å². The molecule has 0 saturated carbocycles. The number of hydrogen-bond donors (Lipinski definition) is 1. The molecule has 4 heteroatoms. The lowest BCUT2D eigenvalue weighted by atomic mass is 10.2. The van der Waals surface area contributed by atoms with Crippen LogP contribution in [0.2, 0.25) is 0 Å². The predicted octanol–water partition coefficient (Wildman–Crippen LogP) is 3.20. The second kappa shape index (κ2) is 6.50. The van der Waals surface area contributed by atoms with Crippen molar-refractivity contribution in [2.75, 3.05) is 6.61 Å². The summed E-state index contributed by atoms with van der Waals surface area (Å²) in [6.45, 7) is 2.35. The SMILES string of the molecule is Cc1cccc(S(=O)O)c1OCCc1ccccc1. The van der Waals surface area contributed by atoms with Crippen LogP contribution in [0.5, 0.6) is 5.75 Å². The fraction of sp³-hybridized carbons (Fsp3) is 0.200. The van der Waals surface area contributed by atoms with Gasteiger partial charge in [0.1, 0.15) is 10.6 Å². The summed E-state index contributed by atoms with van der Waals surface area (Å²) in [5.74, 6) is 0.513. The maximum absolute atomic E-state index is 11.2. The van der Waals surface area contributed by atoms with Gasteiger partial charge >= 0.3 is 0 Å². The Kier molecular flexibility index (Phi) is 4.71. The van der Waals surface area contributed by atoms with Crippen LogP contribution in [-0.2, 0) is 17.5 Å². The van der Waals surface area contributed by atoms with Crippen molar-refractivity contribution in [3.05, 3.63) is 59.7 Å². The summed E-state index contributed by atoms with van der Waals surface area (Å²) in [5.41, 5.74) is 2.05. The fourth-order valence-electron chi connectivity index (χ4n) is 1.86. The third-order valence-corrected chi connectivity index (χ3v) is 3.54. The summed E-state index contributed by atoms with van der Waals surface area (Å²) >= 11 is -2.02. The van der Waals surface area contributed by atoms with E-state index in [-0.39, 0.29) is 0 Å². The normalized spacial score (nSPS) is 12.1. The first-order chi connectivity index (χ1) is 9.18. The quantitative estimate of drug-likeness (QED) is 0.853. The van der Waals surface area contributed by atoms with Gasteiger partial charge in [0.05, 0.1) is 6.61 Å². The highest BCUT2D eigenvalue weighted by Crippen LogP contribution is 2.25. The van der Waals surface area contributed by atoms with Crippen LogP contribution in [0.3, 0.4) is 0 Å². The van der Waals surface area contributed by atoms with E-state index >= 15 is 0 Å². The van der Waals surface area contributed by atoms with Crippen LogP contribution in [0, 0.1) is 6.92 Å². The van der Waals surface area contributed by atoms with E-state index in [9.17, 15) is 8.76 Å². The maximum atomic E-state index is 11.2. The molecule has 0 saturated heterocycles. The van der Waals surface area contributed by atoms with Gasteiger partial charge in [-0.3, -0.25) is 0 Å². The number of para-hydroxylation sites is 1. The van der Waals surface area contributed by atoms with Crippen molar-refractivity contribution >= 4 is 11.1 Å². The second-order valence-electron chi connectivity index (χ2n) is 4.24. The molecule has 0 amide bonds. The summed E-state index contributed by atoms with van der Waals surface area (Å²) in [6.07, 6.45) is 0.771. The number of ether oxygens (including phenoxy) is 1. The van der Waals surface area contributed by atoms with Gasteiger partial charge < -0.3 is 9.29 Å². The van der Waals surface area contributed by atoms with Gasteiger partial charge in [0.25, 0.3) is 0 Å². The Labute approximate surface area is 115 Å². The van der Waals surface area contributed by atoms with E-state index in [1.807, 2.05) is 43.3 Å². The molecule has 1 atom stereocenters. The smallest absolute Gasteiger partial charge is 0.190 e. The largest absolute Gasteiger partial charge is 0.492 e. The molecule has 0 spiro atoms. The molecule has 0 bridgehead atoms. The van der Waals surface area contributed by atoms with Crippen molar-refractivity contribution in [1.29, 1.82) is 0 Å². The summed E-state index contributed by atoms with van der Waals surface area (Å²) in [7, 11) is 0. The first-order valence-electron chi connectivity index (χ1n) is 6.05. The highest BCUT2D eigenvalue weighted by molar-refractivity contribution is 7.79. The van der Waals surface area contributed by atoms with Gasteiger partial charge in [-0.15, -0.1) is 0 Å². The molecular weight excluding hydrogens is 260 g/mol. The summed E-state index contributed by atoms with van der Waals surface area (Å²) in [4.78, 5) is 0.327. The van der Waals surface area contributed by atoms with E-state index in [1.165, 1.54) is 5.56 Å². The van der Waals surface area contributed by atoms with Crippen molar-refractivity contribution in [2.24, 2.45) is 0 Å². The monoisotopic (exact) mass is 276 g/mol. The minimum atomic E-state index is -2.02. The minimum Gasteiger partial charge on any atom is -0.492 e. The van der Waals surface area contributed by atoms with E-state index < -0.39 is 11.1 Å². The van der Waals surface area contributed by atoms with Gasteiger partial charge in [0, 0.05) is 6.42 Å². The lowest BCUT2D eigenvalue weighted by molar-refractivity contribution is 0.311. The van der Waals surface area contributed by atoms with Crippen molar-refractivity contribution in [3.8, 4) is 5.75 Å². The van der Waals surface area contributed by atoms with Crippen LogP contribution in [0.4, 0.5) is 0 Å². The molecule has 0 aromatic heterocycles. The second-order valence-corrected chi connectivity index (χ2v) is 5.17. The summed E-state index contributed by atoms with van der Waals surface area (Å²) in [6, 6.07) is 15.2. The molecular formula is C15H16O3S. The molecule has 0 aliphatic heterocycles. The number of benzene rings is 2. The molecule has 2 rings (SSSR count). The highest BCUT2D eigenvalue weighted by atomic mass is 32.2. The molecule has 0 fully saturated rings. The highest BCUT2D eigenvalue weighted by Gasteiger charge is 2.11. The molecule has 0 aliphatic rings. The molecule has 3 nitrogen and oxygen atoms in total. The Morgan fingerprint density at radius 1 is 1.11 bits per heavy atom. The van der Waals surface area contributed by atoms with Crippen LogP contribution >= 0.6 is 0 Å². The number of rotatable bonds is 5. The van der Waals surface area contributed by atoms with Gasteiger partial charge in [-0.05, 0) is 24.1 Å². The fourth-order valence-corrected chi connectivity index (χ4v) is 2.44. The van der Waals surface area contributed by atoms with Gasteiger partial charge in [-0.2, -0.15) is 0 Å². The zero-order valence-electron chi connectivity index (χ0n) is 10.7. The average Bonchev–Trinajstić information content (AvgIpc) is 2.41. The minimum absolute atomic E-state index is 0.327. The summed E-state index contributed by atoms with van der Waals surface area (Å²) < 4.78 is 26.2. The summed E-state index contributed by atoms with van der Waals surface area (Å²) in [5, 5.41) is 0. The average molecular weight is 276 g/mol. The molecule has 0 radical (unpaired) electrons. The Morgan fingerprint density at radius 2 is 1.84 bits per heavy atom. The molecule has 2 aromatic rings. The Balaban J connectivity index is 2.05. The standard InChI is InChI=1S/C15H16O3S/c1-12-6-5-9-14(19(16)17)15(12)18-11-10-13-7-3-2-4-8-13/h2-9H,10-11H2,1H3,(H,16,17). The molecule has 100 valence electrons. The Bertz CT molecular complexity index is 567. The molecule has 1 N–H and O–H groups in total. The van der Waals surface area contributed by atoms with E-state index in [4.69, 9.17) is 4.74 Å². The van der Waals surface area contributed by atoms with E-state index in [2.05, 4.69) is 0 Å². The predicted molar refractivity (Wildman–Crippen MR) is 75.9 cm³/mol. The maximum Gasteiger partial charge on any atom is 0.190 e. The van der Waals surface area contributed by atoms with Crippen molar-refractivity contribution in [1.82, 2.24) is 0 Å². The Morgan fingerprint density at radius 3 is 2.53 bits per heavy atom. The van der Waals surface area contributed by atoms with Crippen LogP contribution < -0.4 is 4.74 Å². The molecule has 0 aliphatic carbocycles. The third kappa shape index (κ3) is 3.66. The van der Waals surface area contributed by atoms with Crippen molar-refractivity contribution in [2.45, 2.75) is 18.2 Å². The van der Waals surface area contributed by atoms with Crippen LogP contribution in [0.1, 0.15) is 11.1 Å². The third-order valence-electron chi connectivity index (χ3n) is 2.84.